The fourth-order valence-corrected chi connectivity index (χ4v) is 4.15. The number of likely N-dealkylation sites (N-methyl/N-ethyl adjacent to an activating group) is 1. The zero-order chi connectivity index (χ0) is 21.1. The van der Waals surface area contributed by atoms with Gasteiger partial charge in [-0.3, -0.25) is 9.69 Å². The van der Waals surface area contributed by atoms with Gasteiger partial charge in [0.25, 0.3) is 5.91 Å². The standard InChI is InChI=1S/C23H19N3O2S2/c1-3-13-28-19-11-9-16(10-12-19)21-17(14-20-22(27)25(2)23(29)30-20)15-26(24-21)18-7-5-4-6-8-18/h3-12,14-15H,1,13H2,2H3/b20-14+. The Morgan fingerprint density at radius 3 is 2.53 bits per heavy atom. The molecule has 0 saturated carbocycles. The van der Waals surface area contributed by atoms with Crippen LogP contribution in [0.3, 0.4) is 0 Å². The van der Waals surface area contributed by atoms with E-state index in [4.69, 9.17) is 22.1 Å². The minimum atomic E-state index is -0.100. The van der Waals surface area contributed by atoms with Gasteiger partial charge in [-0.15, -0.1) is 0 Å². The maximum atomic E-state index is 12.5. The minimum absolute atomic E-state index is 0.100. The van der Waals surface area contributed by atoms with Crippen LogP contribution in [0.5, 0.6) is 5.75 Å². The molecule has 2 aromatic carbocycles. The van der Waals surface area contributed by atoms with E-state index < -0.39 is 0 Å². The summed E-state index contributed by atoms with van der Waals surface area (Å²) in [5.41, 5.74) is 3.48. The van der Waals surface area contributed by atoms with Crippen molar-refractivity contribution in [3.63, 3.8) is 0 Å². The number of para-hydroxylation sites is 1. The van der Waals surface area contributed by atoms with Crippen LogP contribution in [0.25, 0.3) is 23.0 Å². The topological polar surface area (TPSA) is 47.4 Å². The number of hydrogen-bond donors (Lipinski definition) is 0. The summed E-state index contributed by atoms with van der Waals surface area (Å²) in [4.78, 5) is 14.6. The molecule has 7 heteroatoms. The fourth-order valence-electron chi connectivity index (χ4n) is 2.98. The highest BCUT2D eigenvalue weighted by atomic mass is 32.2. The first kappa shape index (κ1) is 20.1. The van der Waals surface area contributed by atoms with Crippen molar-refractivity contribution in [3.05, 3.63) is 83.9 Å². The zero-order valence-electron chi connectivity index (χ0n) is 16.3. The van der Waals surface area contributed by atoms with Gasteiger partial charge in [-0.05, 0) is 42.5 Å². The first-order chi connectivity index (χ1) is 14.6. The number of nitrogens with zero attached hydrogens (tertiary/aromatic N) is 3. The van der Waals surface area contributed by atoms with Crippen LogP contribution in [0.1, 0.15) is 5.56 Å². The van der Waals surface area contributed by atoms with Gasteiger partial charge in [0.1, 0.15) is 16.7 Å². The summed E-state index contributed by atoms with van der Waals surface area (Å²) in [6, 6.07) is 17.6. The van der Waals surface area contributed by atoms with Crippen LogP contribution in [0.15, 0.2) is 78.4 Å². The van der Waals surface area contributed by atoms with E-state index in [9.17, 15) is 4.79 Å². The Morgan fingerprint density at radius 1 is 1.17 bits per heavy atom. The van der Waals surface area contributed by atoms with Crippen LogP contribution in [0.4, 0.5) is 0 Å². The van der Waals surface area contributed by atoms with Gasteiger partial charge in [0.2, 0.25) is 0 Å². The van der Waals surface area contributed by atoms with Crippen molar-refractivity contribution in [3.8, 4) is 22.7 Å². The molecule has 1 saturated heterocycles. The zero-order valence-corrected chi connectivity index (χ0v) is 18.0. The Labute approximate surface area is 184 Å². The summed E-state index contributed by atoms with van der Waals surface area (Å²) in [7, 11) is 1.69. The first-order valence-electron chi connectivity index (χ1n) is 9.27. The van der Waals surface area contributed by atoms with E-state index in [-0.39, 0.29) is 5.91 Å². The summed E-state index contributed by atoms with van der Waals surface area (Å²) in [5.74, 6) is 0.658. The maximum Gasteiger partial charge on any atom is 0.265 e. The monoisotopic (exact) mass is 433 g/mol. The molecule has 0 bridgehead atoms. The number of thiocarbonyl (C=S) groups is 1. The summed E-state index contributed by atoms with van der Waals surface area (Å²) >= 11 is 6.55. The van der Waals surface area contributed by atoms with Crippen molar-refractivity contribution >= 4 is 40.3 Å². The highest BCUT2D eigenvalue weighted by molar-refractivity contribution is 8.26. The number of carbonyl (C=O) groups is 1. The molecular formula is C23H19N3O2S2. The highest BCUT2D eigenvalue weighted by Crippen LogP contribution is 2.34. The lowest BCUT2D eigenvalue weighted by Crippen LogP contribution is -2.22. The number of carbonyl (C=O) groups excluding carboxylic acids is 1. The van der Waals surface area contributed by atoms with Crippen molar-refractivity contribution in [2.75, 3.05) is 13.7 Å². The highest BCUT2D eigenvalue weighted by Gasteiger charge is 2.29. The van der Waals surface area contributed by atoms with Crippen LogP contribution in [-0.2, 0) is 4.79 Å². The minimum Gasteiger partial charge on any atom is -0.490 e. The summed E-state index contributed by atoms with van der Waals surface area (Å²) < 4.78 is 7.94. The third kappa shape index (κ3) is 4.08. The number of thioether (sulfide) groups is 1. The molecule has 5 nitrogen and oxygen atoms in total. The molecule has 3 aromatic rings. The molecule has 1 fully saturated rings. The van der Waals surface area contributed by atoms with Crippen molar-refractivity contribution < 1.29 is 9.53 Å². The van der Waals surface area contributed by atoms with Crippen molar-refractivity contribution in [1.82, 2.24) is 14.7 Å². The van der Waals surface area contributed by atoms with Crippen LogP contribution in [0.2, 0.25) is 0 Å². The first-order valence-corrected chi connectivity index (χ1v) is 10.5. The second-order valence-corrected chi connectivity index (χ2v) is 8.25. The Hall–Kier alpha value is -3.16. The predicted octanol–water partition coefficient (Wildman–Crippen LogP) is 4.94. The van der Waals surface area contributed by atoms with Gasteiger partial charge in [0.15, 0.2) is 0 Å². The Morgan fingerprint density at radius 2 is 1.90 bits per heavy atom. The largest absolute Gasteiger partial charge is 0.490 e. The molecule has 0 atom stereocenters. The molecule has 2 heterocycles. The van der Waals surface area contributed by atoms with Gasteiger partial charge < -0.3 is 4.74 Å². The second-order valence-electron chi connectivity index (χ2n) is 6.58. The van der Waals surface area contributed by atoms with Crippen molar-refractivity contribution in [1.29, 1.82) is 0 Å². The molecule has 0 aliphatic carbocycles. The Kier molecular flexibility index (Phi) is 5.83. The fraction of sp³-hybridized carbons (Fsp3) is 0.0870. The molecule has 1 amide bonds. The average Bonchev–Trinajstić information content (AvgIpc) is 3.30. The van der Waals surface area contributed by atoms with Crippen molar-refractivity contribution in [2.24, 2.45) is 0 Å². The van der Waals surface area contributed by atoms with E-state index >= 15 is 0 Å². The summed E-state index contributed by atoms with van der Waals surface area (Å²) in [6.45, 7) is 4.11. The molecule has 0 unspecified atom stereocenters. The third-order valence-electron chi connectivity index (χ3n) is 4.53. The Bertz CT molecular complexity index is 1140. The van der Waals surface area contributed by atoms with E-state index in [0.29, 0.717) is 15.8 Å². The molecule has 0 radical (unpaired) electrons. The van der Waals surface area contributed by atoms with Gasteiger partial charge in [0, 0.05) is 24.4 Å². The predicted molar refractivity (Wildman–Crippen MR) is 126 cm³/mol. The molecule has 1 aromatic heterocycles. The Balaban J connectivity index is 1.76. The maximum absolute atomic E-state index is 12.5. The van der Waals surface area contributed by atoms with Crippen LogP contribution >= 0.6 is 24.0 Å². The molecule has 30 heavy (non-hydrogen) atoms. The number of benzene rings is 2. The smallest absolute Gasteiger partial charge is 0.265 e. The summed E-state index contributed by atoms with van der Waals surface area (Å²) in [5, 5.41) is 4.80. The van der Waals surface area contributed by atoms with Crippen LogP contribution in [-0.4, -0.2) is 38.6 Å². The molecule has 1 aliphatic rings. The number of aromatic nitrogens is 2. The second kappa shape index (κ2) is 8.69. The SMILES string of the molecule is C=CCOc1ccc(-c2nn(-c3ccccc3)cc2/C=C2/SC(=S)N(C)C2=O)cc1. The lowest BCUT2D eigenvalue weighted by atomic mass is 10.1. The van der Waals surface area contributed by atoms with Gasteiger partial charge in [-0.2, -0.15) is 5.10 Å². The number of ether oxygens (including phenoxy) is 1. The van der Waals surface area contributed by atoms with E-state index in [1.165, 1.54) is 16.7 Å². The lowest BCUT2D eigenvalue weighted by Gasteiger charge is -2.05. The lowest BCUT2D eigenvalue weighted by molar-refractivity contribution is -0.121. The molecular weight excluding hydrogens is 414 g/mol. The molecule has 0 N–H and O–H groups in total. The van der Waals surface area contributed by atoms with Gasteiger partial charge in [-0.1, -0.05) is 54.8 Å². The summed E-state index contributed by atoms with van der Waals surface area (Å²) in [6.07, 6.45) is 5.49. The van der Waals surface area contributed by atoms with E-state index in [2.05, 4.69) is 6.58 Å². The molecule has 150 valence electrons. The van der Waals surface area contributed by atoms with E-state index in [1.54, 1.807) is 13.1 Å². The number of amides is 1. The number of rotatable bonds is 6. The van der Waals surface area contributed by atoms with Gasteiger partial charge in [0.05, 0.1) is 16.3 Å². The van der Waals surface area contributed by atoms with Crippen molar-refractivity contribution in [2.45, 2.75) is 0 Å². The average molecular weight is 434 g/mol. The molecule has 0 spiro atoms. The van der Waals surface area contributed by atoms with Crippen LogP contribution < -0.4 is 4.74 Å². The third-order valence-corrected chi connectivity index (χ3v) is 6.02. The quantitative estimate of drug-likeness (QED) is 0.313. The molecule has 4 rings (SSSR count). The van der Waals surface area contributed by atoms with Gasteiger partial charge >= 0.3 is 0 Å². The normalized spacial score (nSPS) is 15.1. The molecule has 1 aliphatic heterocycles. The van der Waals surface area contributed by atoms with Crippen LogP contribution in [0, 0.1) is 0 Å². The van der Waals surface area contributed by atoms with E-state index in [0.717, 1.165) is 28.3 Å². The number of hydrogen-bond acceptors (Lipinski definition) is 5. The van der Waals surface area contributed by atoms with E-state index in [1.807, 2.05) is 71.6 Å². The van der Waals surface area contributed by atoms with Gasteiger partial charge in [-0.25, -0.2) is 4.68 Å².